The van der Waals surface area contributed by atoms with Gasteiger partial charge in [0, 0.05) is 58.4 Å². The zero-order valence-corrected chi connectivity index (χ0v) is 20.1. The summed E-state index contributed by atoms with van der Waals surface area (Å²) in [5, 5.41) is 13.5. The van der Waals surface area contributed by atoms with Crippen LogP contribution in [0.5, 0.6) is 0 Å². The maximum atomic E-state index is 12.0. The van der Waals surface area contributed by atoms with Crippen LogP contribution in [0.15, 0.2) is 54.7 Å². The second-order valence-electron chi connectivity index (χ2n) is 9.16. The summed E-state index contributed by atoms with van der Waals surface area (Å²) in [5.74, 6) is 0.0602. The average molecular weight is 482 g/mol. The first-order chi connectivity index (χ1) is 17.1. The lowest BCUT2D eigenvalue weighted by Gasteiger charge is -2.26. The van der Waals surface area contributed by atoms with Gasteiger partial charge in [0.25, 0.3) is 0 Å². The molecule has 1 aliphatic heterocycles. The number of carbonyl (C=O) groups excluding carboxylic acids is 1. The first-order valence-corrected chi connectivity index (χ1v) is 12.5. The molecule has 8 heteroatoms. The number of aryl methyl sites for hydroxylation is 1. The van der Waals surface area contributed by atoms with Crippen molar-refractivity contribution < 1.29 is 9.53 Å². The number of fused-ring (bicyclic) bond motifs is 4. The molecule has 4 heterocycles. The zero-order valence-electron chi connectivity index (χ0n) is 19.2. The number of hydrogen-bond acceptors (Lipinski definition) is 5. The Morgan fingerprint density at radius 3 is 2.83 bits per heavy atom. The first-order valence-electron chi connectivity index (χ1n) is 11.7. The van der Waals surface area contributed by atoms with Crippen LogP contribution in [0.25, 0.3) is 43.9 Å². The minimum Gasteiger partial charge on any atom is -0.370 e. The number of benzene rings is 2. The van der Waals surface area contributed by atoms with Crippen molar-refractivity contribution in [1.29, 1.82) is 0 Å². The number of amides is 1. The van der Waals surface area contributed by atoms with Crippen LogP contribution in [-0.4, -0.2) is 50.5 Å². The second kappa shape index (κ2) is 7.90. The predicted octanol–water partition coefficient (Wildman–Crippen LogP) is 4.62. The monoisotopic (exact) mass is 481 g/mol. The Balaban J connectivity index is 1.15. The number of aromatic nitrogens is 4. The summed E-state index contributed by atoms with van der Waals surface area (Å²) < 4.78 is 7.13. The number of aromatic amines is 1. The van der Waals surface area contributed by atoms with Gasteiger partial charge in [-0.3, -0.25) is 14.6 Å². The van der Waals surface area contributed by atoms with Crippen molar-refractivity contribution in [2.45, 2.75) is 13.0 Å². The highest BCUT2D eigenvalue weighted by Crippen LogP contribution is 2.46. The molecule has 2 aromatic carbocycles. The molecule has 174 valence electrons. The molecule has 1 fully saturated rings. The van der Waals surface area contributed by atoms with Crippen LogP contribution in [0.2, 0.25) is 0 Å². The van der Waals surface area contributed by atoms with Gasteiger partial charge in [0.05, 0.1) is 29.7 Å². The third-order valence-electron chi connectivity index (χ3n) is 7.00. The Bertz CT molecular complexity index is 1590. The minimum absolute atomic E-state index is 0.0602. The minimum atomic E-state index is 0.0602. The number of ether oxygens (including phenoxy) is 1. The van der Waals surface area contributed by atoms with E-state index in [1.165, 1.54) is 26.4 Å². The predicted molar refractivity (Wildman–Crippen MR) is 136 cm³/mol. The fourth-order valence-electron chi connectivity index (χ4n) is 5.08. The van der Waals surface area contributed by atoms with Crippen molar-refractivity contribution in [2.24, 2.45) is 7.05 Å². The highest BCUT2D eigenvalue weighted by Gasteiger charge is 2.28. The molecule has 0 unspecified atom stereocenters. The number of thiophene rings is 1. The molecular formula is C27H23N5O2S. The highest BCUT2D eigenvalue weighted by molar-refractivity contribution is 7.16. The van der Waals surface area contributed by atoms with Crippen LogP contribution < -0.4 is 0 Å². The SMILES string of the molecule is Cn1ncc2ccc(-c3n[nH]c4c3Cc3sc(-c5ccc(CN6CCOCC6=O)cc5)cc3-4)cc21. The average Bonchev–Trinajstić information content (AvgIpc) is 3.63. The van der Waals surface area contributed by atoms with E-state index in [1.807, 2.05) is 34.2 Å². The van der Waals surface area contributed by atoms with Gasteiger partial charge in [0.15, 0.2) is 0 Å². The standard InChI is InChI=1S/C27H23N5O2S/c1-31-22-10-18(6-7-19(22)13-28-31)26-21-12-24-20(27(21)30-29-26)11-23(35-24)17-4-2-16(3-5-17)14-32-8-9-34-15-25(32)33/h2-7,10-11,13H,8-9,12,14-15H2,1H3,(H,29,30). The summed E-state index contributed by atoms with van der Waals surface area (Å²) in [6.07, 6.45) is 2.78. The molecule has 1 amide bonds. The third kappa shape index (κ3) is 3.40. The van der Waals surface area contributed by atoms with E-state index < -0.39 is 0 Å². The van der Waals surface area contributed by atoms with Gasteiger partial charge >= 0.3 is 0 Å². The van der Waals surface area contributed by atoms with Crippen LogP contribution in [0.3, 0.4) is 0 Å². The Kier molecular flexibility index (Phi) is 4.65. The topological polar surface area (TPSA) is 76.0 Å². The van der Waals surface area contributed by atoms with Gasteiger partial charge in [0.2, 0.25) is 5.91 Å². The lowest BCUT2D eigenvalue weighted by atomic mass is 10.0. The third-order valence-corrected chi connectivity index (χ3v) is 8.19. The van der Waals surface area contributed by atoms with E-state index in [1.54, 1.807) is 0 Å². The zero-order chi connectivity index (χ0) is 23.5. The van der Waals surface area contributed by atoms with Crippen LogP contribution in [0, 0.1) is 0 Å². The smallest absolute Gasteiger partial charge is 0.248 e. The molecule has 3 aromatic heterocycles. The molecule has 0 bridgehead atoms. The van der Waals surface area contributed by atoms with Crippen LogP contribution in [0.1, 0.15) is 16.0 Å². The summed E-state index contributed by atoms with van der Waals surface area (Å²) in [6, 6.07) is 17.2. The largest absolute Gasteiger partial charge is 0.370 e. The Hall–Kier alpha value is -3.75. The van der Waals surface area contributed by atoms with Gasteiger partial charge in [-0.25, -0.2) is 0 Å². The van der Waals surface area contributed by atoms with Crippen LogP contribution >= 0.6 is 11.3 Å². The van der Waals surface area contributed by atoms with Gasteiger partial charge in [0.1, 0.15) is 6.61 Å². The molecular weight excluding hydrogens is 458 g/mol. The van der Waals surface area contributed by atoms with E-state index >= 15 is 0 Å². The number of H-pyrrole nitrogens is 1. The van der Waals surface area contributed by atoms with E-state index in [-0.39, 0.29) is 12.5 Å². The van der Waals surface area contributed by atoms with Gasteiger partial charge in [-0.05, 0) is 23.3 Å². The number of carbonyl (C=O) groups is 1. The molecule has 2 aliphatic rings. The van der Waals surface area contributed by atoms with E-state index in [4.69, 9.17) is 9.84 Å². The normalized spacial score (nSPS) is 15.1. The van der Waals surface area contributed by atoms with Gasteiger partial charge < -0.3 is 9.64 Å². The second-order valence-corrected chi connectivity index (χ2v) is 10.3. The van der Waals surface area contributed by atoms with E-state index in [2.05, 4.69) is 58.7 Å². The van der Waals surface area contributed by atoms with Crippen LogP contribution in [0.4, 0.5) is 0 Å². The molecule has 7 rings (SSSR count). The van der Waals surface area contributed by atoms with Gasteiger partial charge in [-0.1, -0.05) is 36.4 Å². The van der Waals surface area contributed by atoms with Crippen molar-refractivity contribution in [2.75, 3.05) is 19.8 Å². The molecule has 1 N–H and O–H groups in total. The molecule has 35 heavy (non-hydrogen) atoms. The highest BCUT2D eigenvalue weighted by atomic mass is 32.1. The van der Waals surface area contributed by atoms with Crippen molar-refractivity contribution in [3.05, 3.63) is 70.7 Å². The number of rotatable bonds is 4. The maximum Gasteiger partial charge on any atom is 0.248 e. The summed E-state index contributed by atoms with van der Waals surface area (Å²) in [4.78, 5) is 16.5. The molecule has 5 aromatic rings. The molecule has 0 saturated carbocycles. The fraction of sp³-hybridized carbons (Fsp3) is 0.222. The summed E-state index contributed by atoms with van der Waals surface area (Å²) >= 11 is 1.85. The molecule has 7 nitrogen and oxygen atoms in total. The van der Waals surface area contributed by atoms with E-state index in [0.717, 1.165) is 39.8 Å². The van der Waals surface area contributed by atoms with Crippen molar-refractivity contribution >= 4 is 28.1 Å². The van der Waals surface area contributed by atoms with Crippen molar-refractivity contribution in [3.8, 4) is 33.0 Å². The molecule has 0 spiro atoms. The Labute approximate surface area is 206 Å². The fourth-order valence-corrected chi connectivity index (χ4v) is 6.26. The summed E-state index contributed by atoms with van der Waals surface area (Å²) in [6.45, 7) is 2.09. The maximum absolute atomic E-state index is 12.0. The van der Waals surface area contributed by atoms with Gasteiger partial charge in [-0.2, -0.15) is 10.2 Å². The quantitative estimate of drug-likeness (QED) is 0.399. The Morgan fingerprint density at radius 1 is 1.11 bits per heavy atom. The number of hydrogen-bond donors (Lipinski definition) is 1. The van der Waals surface area contributed by atoms with Crippen LogP contribution in [-0.2, 0) is 29.5 Å². The van der Waals surface area contributed by atoms with E-state index in [0.29, 0.717) is 19.7 Å². The molecule has 1 aliphatic carbocycles. The molecule has 1 saturated heterocycles. The van der Waals surface area contributed by atoms with Crippen molar-refractivity contribution in [3.63, 3.8) is 0 Å². The molecule has 0 radical (unpaired) electrons. The molecule has 0 atom stereocenters. The first kappa shape index (κ1) is 20.6. The Morgan fingerprint density at radius 2 is 1.97 bits per heavy atom. The van der Waals surface area contributed by atoms with Gasteiger partial charge in [-0.15, -0.1) is 11.3 Å². The summed E-state index contributed by atoms with van der Waals surface area (Å²) in [5.41, 5.74) is 9.23. The number of nitrogens with zero attached hydrogens (tertiary/aromatic N) is 4. The van der Waals surface area contributed by atoms with Crippen molar-refractivity contribution in [1.82, 2.24) is 24.9 Å². The lowest BCUT2D eigenvalue weighted by molar-refractivity contribution is -0.143. The lowest BCUT2D eigenvalue weighted by Crippen LogP contribution is -2.40. The number of morpholine rings is 1. The van der Waals surface area contributed by atoms with E-state index in [9.17, 15) is 4.79 Å². The summed E-state index contributed by atoms with van der Waals surface area (Å²) in [7, 11) is 1.97. The number of nitrogens with one attached hydrogen (secondary N) is 1.